The van der Waals surface area contributed by atoms with Crippen LogP contribution < -0.4 is 5.32 Å². The molecule has 2 amide bonds. The number of aryl methyl sites for hydroxylation is 2. The first-order valence-electron chi connectivity index (χ1n) is 12.6. The van der Waals surface area contributed by atoms with Gasteiger partial charge in [0.25, 0.3) is 0 Å². The number of hydrogen-bond donors (Lipinski definition) is 1. The largest absolute Gasteiger partial charge is 0.355 e. The summed E-state index contributed by atoms with van der Waals surface area (Å²) in [5, 5.41) is 2.95. The Balaban J connectivity index is 1.85. The van der Waals surface area contributed by atoms with E-state index in [9.17, 15) is 9.59 Å². The Morgan fingerprint density at radius 3 is 2.06 bits per heavy atom. The predicted octanol–water partition coefficient (Wildman–Crippen LogP) is 5.83. The third-order valence-electron chi connectivity index (χ3n) is 6.37. The van der Waals surface area contributed by atoms with Crippen LogP contribution in [0.15, 0.2) is 78.9 Å². The molecule has 0 aliphatic carbocycles. The Hall–Kier alpha value is -3.40. The van der Waals surface area contributed by atoms with Crippen LogP contribution in [0.5, 0.6) is 0 Å². The molecular formula is C31H38N2O2. The third-order valence-corrected chi connectivity index (χ3v) is 6.37. The van der Waals surface area contributed by atoms with Crippen LogP contribution in [0.1, 0.15) is 60.9 Å². The Kier molecular flexibility index (Phi) is 9.66. The van der Waals surface area contributed by atoms with Gasteiger partial charge in [-0.15, -0.1) is 0 Å². The van der Waals surface area contributed by atoms with Crippen molar-refractivity contribution in [1.82, 2.24) is 10.2 Å². The van der Waals surface area contributed by atoms with Crippen LogP contribution in [0.25, 0.3) is 0 Å². The fraction of sp³-hybridized carbons (Fsp3) is 0.355. The maximum atomic E-state index is 13.6. The van der Waals surface area contributed by atoms with Gasteiger partial charge in [-0.25, -0.2) is 0 Å². The van der Waals surface area contributed by atoms with Gasteiger partial charge >= 0.3 is 0 Å². The number of rotatable bonds is 11. The molecule has 1 atom stereocenters. The Bertz CT molecular complexity index is 1070. The van der Waals surface area contributed by atoms with Crippen molar-refractivity contribution in [2.45, 2.75) is 65.5 Å². The third kappa shape index (κ3) is 7.81. The fourth-order valence-electron chi connectivity index (χ4n) is 4.20. The minimum Gasteiger partial charge on any atom is -0.355 e. The molecule has 0 radical (unpaired) electrons. The number of amides is 2. The van der Waals surface area contributed by atoms with Crippen LogP contribution in [-0.4, -0.2) is 29.3 Å². The first-order valence-corrected chi connectivity index (χ1v) is 12.6. The lowest BCUT2D eigenvalue weighted by Crippen LogP contribution is -2.50. The molecule has 0 aliphatic heterocycles. The van der Waals surface area contributed by atoms with Crippen molar-refractivity contribution in [2.24, 2.45) is 0 Å². The molecule has 3 aromatic carbocycles. The predicted molar refractivity (Wildman–Crippen MR) is 143 cm³/mol. The van der Waals surface area contributed by atoms with Crippen molar-refractivity contribution >= 4 is 11.8 Å². The first kappa shape index (κ1) is 26.2. The highest BCUT2D eigenvalue weighted by molar-refractivity contribution is 5.88. The molecule has 3 aromatic rings. The summed E-state index contributed by atoms with van der Waals surface area (Å²) in [6.07, 6.45) is 1.49. The van der Waals surface area contributed by atoms with Crippen LogP contribution in [-0.2, 0) is 29.0 Å². The lowest BCUT2D eigenvalue weighted by atomic mass is 9.99. The molecule has 0 unspecified atom stereocenters. The summed E-state index contributed by atoms with van der Waals surface area (Å²) in [6, 6.07) is 26.0. The topological polar surface area (TPSA) is 49.4 Å². The Morgan fingerprint density at radius 2 is 1.46 bits per heavy atom. The van der Waals surface area contributed by atoms with E-state index < -0.39 is 6.04 Å². The molecule has 184 valence electrons. The van der Waals surface area contributed by atoms with E-state index in [-0.39, 0.29) is 11.8 Å². The normalized spacial score (nSPS) is 11.8. The molecule has 0 saturated heterocycles. The van der Waals surface area contributed by atoms with Crippen LogP contribution in [0.3, 0.4) is 0 Å². The minimum absolute atomic E-state index is 0.00862. The molecule has 35 heavy (non-hydrogen) atoms. The minimum atomic E-state index is -0.575. The summed E-state index contributed by atoms with van der Waals surface area (Å²) in [6.45, 7) is 9.24. The monoisotopic (exact) mass is 470 g/mol. The van der Waals surface area contributed by atoms with Crippen LogP contribution >= 0.6 is 0 Å². The van der Waals surface area contributed by atoms with E-state index in [0.717, 1.165) is 16.7 Å². The van der Waals surface area contributed by atoms with Gasteiger partial charge in [-0.3, -0.25) is 9.59 Å². The highest BCUT2D eigenvalue weighted by atomic mass is 16.2. The number of benzene rings is 3. The van der Waals surface area contributed by atoms with E-state index in [1.807, 2.05) is 68.4 Å². The van der Waals surface area contributed by atoms with Crippen LogP contribution in [0, 0.1) is 6.92 Å². The smallest absolute Gasteiger partial charge is 0.243 e. The van der Waals surface area contributed by atoms with E-state index in [0.29, 0.717) is 38.3 Å². The standard InChI is InChI=1S/C31H38N2O2/c1-5-32-31(35)29(21-26-9-7-6-8-10-26)33(22-27-13-11-24(4)12-14-27)30(34)20-17-25-15-18-28(19-16-25)23(2)3/h6-16,18-19,23,29H,5,17,20-22H2,1-4H3,(H,32,35)/t29-/m1/s1. The molecule has 3 rings (SSSR count). The van der Waals surface area contributed by atoms with Crippen molar-refractivity contribution in [3.8, 4) is 0 Å². The number of carbonyl (C=O) groups is 2. The van der Waals surface area contributed by atoms with Gasteiger partial charge in [-0.1, -0.05) is 98.3 Å². The van der Waals surface area contributed by atoms with Gasteiger partial charge in [-0.05, 0) is 48.4 Å². The molecule has 4 nitrogen and oxygen atoms in total. The number of carbonyl (C=O) groups excluding carboxylic acids is 2. The van der Waals surface area contributed by atoms with Gasteiger partial charge in [0, 0.05) is 25.9 Å². The van der Waals surface area contributed by atoms with E-state index in [1.54, 1.807) is 4.90 Å². The van der Waals surface area contributed by atoms with Gasteiger partial charge in [0.05, 0.1) is 0 Å². The van der Waals surface area contributed by atoms with Gasteiger partial charge < -0.3 is 10.2 Å². The summed E-state index contributed by atoms with van der Waals surface area (Å²) in [4.78, 5) is 28.6. The SMILES string of the molecule is CCNC(=O)[C@@H](Cc1ccccc1)N(Cc1ccc(C)cc1)C(=O)CCc1ccc(C(C)C)cc1. The molecule has 0 bridgehead atoms. The second-order valence-corrected chi connectivity index (χ2v) is 9.50. The van der Waals surface area contributed by atoms with Crippen molar-refractivity contribution in [3.63, 3.8) is 0 Å². The quantitative estimate of drug-likeness (QED) is 0.383. The summed E-state index contributed by atoms with van der Waals surface area (Å²) in [5.74, 6) is 0.357. The summed E-state index contributed by atoms with van der Waals surface area (Å²) >= 11 is 0. The highest BCUT2D eigenvalue weighted by Gasteiger charge is 2.29. The van der Waals surface area contributed by atoms with Gasteiger partial charge in [0.2, 0.25) is 11.8 Å². The molecule has 0 fully saturated rings. The van der Waals surface area contributed by atoms with Crippen LogP contribution in [0.2, 0.25) is 0 Å². The summed E-state index contributed by atoms with van der Waals surface area (Å²) < 4.78 is 0. The van der Waals surface area contributed by atoms with Crippen molar-refractivity contribution in [1.29, 1.82) is 0 Å². The fourth-order valence-corrected chi connectivity index (χ4v) is 4.20. The second kappa shape index (κ2) is 12.9. The molecule has 0 spiro atoms. The average Bonchev–Trinajstić information content (AvgIpc) is 2.86. The van der Waals surface area contributed by atoms with Crippen molar-refractivity contribution in [2.75, 3.05) is 6.54 Å². The zero-order valence-corrected chi connectivity index (χ0v) is 21.5. The van der Waals surface area contributed by atoms with Gasteiger partial charge in [0.1, 0.15) is 6.04 Å². The van der Waals surface area contributed by atoms with Gasteiger partial charge in [-0.2, -0.15) is 0 Å². The first-order chi connectivity index (χ1) is 16.9. The van der Waals surface area contributed by atoms with Gasteiger partial charge in [0.15, 0.2) is 0 Å². The van der Waals surface area contributed by atoms with E-state index >= 15 is 0 Å². The van der Waals surface area contributed by atoms with Crippen molar-refractivity contribution in [3.05, 3.63) is 107 Å². The molecular weight excluding hydrogens is 432 g/mol. The molecule has 1 N–H and O–H groups in total. The molecule has 0 aromatic heterocycles. The number of likely N-dealkylation sites (N-methyl/N-ethyl adjacent to an activating group) is 1. The van der Waals surface area contributed by atoms with E-state index in [2.05, 4.69) is 43.4 Å². The Morgan fingerprint density at radius 1 is 0.829 bits per heavy atom. The number of nitrogens with zero attached hydrogens (tertiary/aromatic N) is 1. The van der Waals surface area contributed by atoms with E-state index in [4.69, 9.17) is 0 Å². The zero-order chi connectivity index (χ0) is 25.2. The number of hydrogen-bond acceptors (Lipinski definition) is 2. The highest BCUT2D eigenvalue weighted by Crippen LogP contribution is 2.19. The molecule has 4 heteroatoms. The molecule has 0 saturated carbocycles. The zero-order valence-electron chi connectivity index (χ0n) is 21.5. The maximum absolute atomic E-state index is 13.6. The lowest BCUT2D eigenvalue weighted by Gasteiger charge is -2.31. The average molecular weight is 471 g/mol. The maximum Gasteiger partial charge on any atom is 0.243 e. The van der Waals surface area contributed by atoms with Crippen molar-refractivity contribution < 1.29 is 9.59 Å². The molecule has 0 aliphatic rings. The van der Waals surface area contributed by atoms with Crippen LogP contribution in [0.4, 0.5) is 0 Å². The number of nitrogens with one attached hydrogen (secondary N) is 1. The summed E-state index contributed by atoms with van der Waals surface area (Å²) in [7, 11) is 0. The van der Waals surface area contributed by atoms with E-state index in [1.165, 1.54) is 11.1 Å². The molecule has 0 heterocycles. The summed E-state index contributed by atoms with van der Waals surface area (Å²) in [5.41, 5.74) is 5.65. The Labute approximate surface area is 210 Å². The lowest BCUT2D eigenvalue weighted by molar-refractivity contribution is -0.141. The second-order valence-electron chi connectivity index (χ2n) is 9.50.